The van der Waals surface area contributed by atoms with Crippen LogP contribution in [0.4, 0.5) is 0 Å². The van der Waals surface area contributed by atoms with E-state index in [2.05, 4.69) is 38.3 Å². The molecule has 128 valence electrons. The van der Waals surface area contributed by atoms with Crippen LogP contribution in [0.1, 0.15) is 74.1 Å². The first-order valence-electron chi connectivity index (χ1n) is 8.09. The van der Waals surface area contributed by atoms with Crippen LogP contribution in [-0.4, -0.2) is 34.6 Å². The molecule has 0 aliphatic carbocycles. The Morgan fingerprint density at radius 3 is 2.05 bits per heavy atom. The lowest BCUT2D eigenvalue weighted by Gasteiger charge is -2.46. The van der Waals surface area contributed by atoms with E-state index in [0.717, 1.165) is 12.8 Å². The van der Waals surface area contributed by atoms with Crippen molar-refractivity contribution < 1.29 is 14.3 Å². The predicted molar refractivity (Wildman–Crippen MR) is 87.5 cm³/mol. The Hall–Kier alpha value is -1.10. The molecule has 1 heterocycles. The zero-order valence-corrected chi connectivity index (χ0v) is 15.1. The highest BCUT2D eigenvalue weighted by Crippen LogP contribution is 2.28. The molecule has 0 atom stereocenters. The van der Waals surface area contributed by atoms with E-state index in [-0.39, 0.29) is 41.8 Å². The summed E-state index contributed by atoms with van der Waals surface area (Å²) in [7, 11) is 0. The Kier molecular flexibility index (Phi) is 5.66. The van der Waals surface area contributed by atoms with Gasteiger partial charge in [0.15, 0.2) is 0 Å². The first-order chi connectivity index (χ1) is 9.78. The van der Waals surface area contributed by atoms with Crippen LogP contribution in [-0.2, 0) is 14.3 Å². The van der Waals surface area contributed by atoms with Gasteiger partial charge >= 0.3 is 5.97 Å². The first kappa shape index (κ1) is 18.9. The topological polar surface area (TPSA) is 67.4 Å². The molecule has 1 amide bonds. The summed E-state index contributed by atoms with van der Waals surface area (Å²) in [6, 6.07) is 0.136. The van der Waals surface area contributed by atoms with Gasteiger partial charge in [-0.15, -0.1) is 0 Å². The average Bonchev–Trinajstić information content (AvgIpc) is 2.19. The minimum absolute atomic E-state index is 0.00907. The minimum atomic E-state index is -0.503. The van der Waals surface area contributed by atoms with Crippen molar-refractivity contribution in [3.8, 4) is 0 Å². The second kappa shape index (κ2) is 6.57. The molecule has 0 bridgehead atoms. The number of esters is 1. The van der Waals surface area contributed by atoms with Crippen molar-refractivity contribution in [2.45, 2.75) is 96.9 Å². The molecule has 0 aromatic carbocycles. The van der Waals surface area contributed by atoms with Gasteiger partial charge in [0.1, 0.15) is 5.60 Å². The highest BCUT2D eigenvalue weighted by molar-refractivity contribution is 5.81. The van der Waals surface area contributed by atoms with E-state index in [1.165, 1.54) is 0 Å². The van der Waals surface area contributed by atoms with Crippen LogP contribution in [0.15, 0.2) is 0 Å². The SMILES string of the molecule is CC1(C)CC(NC(=O)CCC(=O)OC(C)(C)C)CC(C)(C)N1. The van der Waals surface area contributed by atoms with Crippen molar-refractivity contribution in [3.05, 3.63) is 0 Å². The predicted octanol–water partition coefficient (Wildman–Crippen LogP) is 2.53. The van der Waals surface area contributed by atoms with E-state index in [1.807, 2.05) is 20.8 Å². The van der Waals surface area contributed by atoms with Crippen LogP contribution in [0.5, 0.6) is 0 Å². The van der Waals surface area contributed by atoms with Gasteiger partial charge in [0, 0.05) is 23.5 Å². The van der Waals surface area contributed by atoms with E-state index in [9.17, 15) is 9.59 Å². The van der Waals surface area contributed by atoms with Gasteiger partial charge in [-0.1, -0.05) is 0 Å². The number of piperidine rings is 1. The van der Waals surface area contributed by atoms with Crippen molar-refractivity contribution in [1.82, 2.24) is 10.6 Å². The second-order valence-corrected chi connectivity index (χ2v) is 8.65. The summed E-state index contributed by atoms with van der Waals surface area (Å²) in [4.78, 5) is 23.7. The zero-order valence-electron chi connectivity index (χ0n) is 15.1. The average molecular weight is 312 g/mol. The number of rotatable bonds is 4. The fraction of sp³-hybridized carbons (Fsp3) is 0.882. The molecule has 5 nitrogen and oxygen atoms in total. The molecule has 2 N–H and O–H groups in total. The van der Waals surface area contributed by atoms with Crippen LogP contribution in [0.2, 0.25) is 0 Å². The summed E-state index contributed by atoms with van der Waals surface area (Å²) in [5.74, 6) is -0.405. The maximum atomic E-state index is 12.1. The molecule has 5 heteroatoms. The highest BCUT2D eigenvalue weighted by Gasteiger charge is 2.38. The lowest BCUT2D eigenvalue weighted by Crippen LogP contribution is -2.62. The first-order valence-corrected chi connectivity index (χ1v) is 8.09. The number of hydrogen-bond donors (Lipinski definition) is 2. The van der Waals surface area contributed by atoms with Crippen LogP contribution in [0, 0.1) is 0 Å². The number of carbonyl (C=O) groups excluding carboxylic acids is 2. The van der Waals surface area contributed by atoms with Crippen LogP contribution in [0.25, 0.3) is 0 Å². The van der Waals surface area contributed by atoms with Crippen molar-refractivity contribution in [3.63, 3.8) is 0 Å². The highest BCUT2D eigenvalue weighted by atomic mass is 16.6. The largest absolute Gasteiger partial charge is 0.460 e. The molecule has 1 saturated heterocycles. The Morgan fingerprint density at radius 1 is 1.09 bits per heavy atom. The summed E-state index contributed by atoms with van der Waals surface area (Å²) >= 11 is 0. The van der Waals surface area contributed by atoms with Crippen LogP contribution < -0.4 is 10.6 Å². The summed E-state index contributed by atoms with van der Waals surface area (Å²) in [5.41, 5.74) is -0.521. The van der Waals surface area contributed by atoms with Gasteiger partial charge in [0.2, 0.25) is 5.91 Å². The standard InChI is InChI=1S/C17H32N2O3/c1-15(2,3)22-14(21)9-8-13(20)18-12-10-16(4,5)19-17(6,7)11-12/h12,19H,8-11H2,1-7H3,(H,18,20). The lowest BCUT2D eigenvalue weighted by molar-refractivity contribution is -0.155. The molecular weight excluding hydrogens is 280 g/mol. The molecule has 0 saturated carbocycles. The molecule has 0 unspecified atom stereocenters. The normalized spacial score (nSPS) is 21.2. The Morgan fingerprint density at radius 2 is 1.59 bits per heavy atom. The number of carbonyl (C=O) groups is 2. The molecular formula is C17H32N2O3. The molecule has 0 aromatic heterocycles. The van der Waals surface area contributed by atoms with E-state index in [4.69, 9.17) is 4.74 Å². The van der Waals surface area contributed by atoms with Gasteiger partial charge < -0.3 is 15.4 Å². The molecule has 0 spiro atoms. The summed E-state index contributed by atoms with van der Waals surface area (Å²) in [6.45, 7) is 14.1. The van der Waals surface area contributed by atoms with Crippen molar-refractivity contribution in [2.75, 3.05) is 0 Å². The quantitative estimate of drug-likeness (QED) is 0.783. The third-order valence-electron chi connectivity index (χ3n) is 3.53. The maximum Gasteiger partial charge on any atom is 0.306 e. The van der Waals surface area contributed by atoms with E-state index in [0.29, 0.717) is 0 Å². The Balaban J connectivity index is 2.43. The molecule has 22 heavy (non-hydrogen) atoms. The minimum Gasteiger partial charge on any atom is -0.460 e. The number of nitrogens with one attached hydrogen (secondary N) is 2. The number of amides is 1. The van der Waals surface area contributed by atoms with Gasteiger partial charge in [0.25, 0.3) is 0 Å². The third-order valence-corrected chi connectivity index (χ3v) is 3.53. The summed E-state index contributed by atoms with van der Waals surface area (Å²) in [5, 5.41) is 6.65. The van der Waals surface area contributed by atoms with E-state index >= 15 is 0 Å². The van der Waals surface area contributed by atoms with Gasteiger partial charge in [-0.25, -0.2) is 0 Å². The maximum absolute atomic E-state index is 12.1. The zero-order chi connectivity index (χ0) is 17.2. The van der Waals surface area contributed by atoms with Gasteiger partial charge in [0.05, 0.1) is 6.42 Å². The number of hydrogen-bond acceptors (Lipinski definition) is 4. The summed E-state index contributed by atoms with van der Waals surface area (Å²) < 4.78 is 5.22. The van der Waals surface area contributed by atoms with Crippen molar-refractivity contribution in [2.24, 2.45) is 0 Å². The smallest absolute Gasteiger partial charge is 0.306 e. The Labute approximate surface area is 134 Å². The fourth-order valence-electron chi connectivity index (χ4n) is 3.33. The summed E-state index contributed by atoms with van der Waals surface area (Å²) in [6.07, 6.45) is 2.07. The Bertz CT molecular complexity index is 406. The third kappa shape index (κ3) is 7.25. The molecule has 0 aromatic rings. The van der Waals surface area contributed by atoms with Gasteiger partial charge in [-0.2, -0.15) is 0 Å². The van der Waals surface area contributed by atoms with Crippen molar-refractivity contribution >= 4 is 11.9 Å². The van der Waals surface area contributed by atoms with E-state index in [1.54, 1.807) is 0 Å². The molecule has 1 rings (SSSR count). The number of ether oxygens (including phenoxy) is 1. The van der Waals surface area contributed by atoms with Crippen LogP contribution >= 0.6 is 0 Å². The molecule has 1 fully saturated rings. The lowest BCUT2D eigenvalue weighted by atomic mass is 9.79. The van der Waals surface area contributed by atoms with Gasteiger partial charge in [-0.05, 0) is 61.3 Å². The monoisotopic (exact) mass is 312 g/mol. The van der Waals surface area contributed by atoms with Crippen LogP contribution in [0.3, 0.4) is 0 Å². The molecule has 1 aliphatic heterocycles. The van der Waals surface area contributed by atoms with Crippen molar-refractivity contribution in [1.29, 1.82) is 0 Å². The fourth-order valence-corrected chi connectivity index (χ4v) is 3.33. The molecule has 1 aliphatic rings. The van der Waals surface area contributed by atoms with Gasteiger partial charge in [-0.3, -0.25) is 9.59 Å². The second-order valence-electron chi connectivity index (χ2n) is 8.65. The van der Waals surface area contributed by atoms with E-state index < -0.39 is 5.60 Å². The molecule has 0 radical (unpaired) electrons.